The van der Waals surface area contributed by atoms with Gasteiger partial charge in [0.1, 0.15) is 5.75 Å². The molecule has 5 rings (SSSR count). The summed E-state index contributed by atoms with van der Waals surface area (Å²) >= 11 is 0. The Hall–Kier alpha value is -3.26. The van der Waals surface area contributed by atoms with E-state index in [1.165, 1.54) is 12.8 Å². The van der Waals surface area contributed by atoms with Crippen molar-refractivity contribution >= 4 is 5.82 Å². The van der Waals surface area contributed by atoms with Gasteiger partial charge in [0, 0.05) is 42.4 Å². The first-order chi connectivity index (χ1) is 14.7. The Morgan fingerprint density at radius 2 is 1.90 bits per heavy atom. The van der Waals surface area contributed by atoms with Crippen LogP contribution in [0.15, 0.2) is 42.6 Å². The molecule has 2 aromatic heterocycles. The third-order valence-corrected chi connectivity index (χ3v) is 5.66. The fraction of sp³-hybridized carbons (Fsp3) is 0.364. The lowest BCUT2D eigenvalue weighted by Crippen LogP contribution is -2.34. The molecule has 1 saturated heterocycles. The van der Waals surface area contributed by atoms with Crippen LogP contribution >= 0.6 is 0 Å². The highest BCUT2D eigenvalue weighted by molar-refractivity contribution is 5.74. The van der Waals surface area contributed by atoms with E-state index in [0.717, 1.165) is 42.5 Å². The number of aromatic hydroxyl groups is 1. The van der Waals surface area contributed by atoms with E-state index in [-0.39, 0.29) is 5.75 Å². The molecule has 1 atom stereocenters. The molecular formula is C22H24N6O2. The summed E-state index contributed by atoms with van der Waals surface area (Å²) in [5, 5.41) is 30.8. The van der Waals surface area contributed by atoms with E-state index < -0.39 is 0 Å². The summed E-state index contributed by atoms with van der Waals surface area (Å²) in [5.41, 5.74) is 2.91. The van der Waals surface area contributed by atoms with Crippen LogP contribution in [-0.2, 0) is 0 Å². The van der Waals surface area contributed by atoms with Gasteiger partial charge in [-0.15, -0.1) is 15.3 Å². The Morgan fingerprint density at radius 3 is 2.63 bits per heavy atom. The zero-order valence-electron chi connectivity index (χ0n) is 16.8. The van der Waals surface area contributed by atoms with Gasteiger partial charge in [-0.3, -0.25) is 0 Å². The maximum Gasteiger partial charge on any atom is 0.233 e. The highest BCUT2D eigenvalue weighted by atomic mass is 16.5. The Labute approximate surface area is 174 Å². The zero-order chi connectivity index (χ0) is 20.5. The molecule has 8 heteroatoms. The predicted molar refractivity (Wildman–Crippen MR) is 113 cm³/mol. The minimum atomic E-state index is 0.139. The number of ether oxygens (including phenoxy) is 1. The van der Waals surface area contributed by atoms with Crippen LogP contribution in [0.3, 0.4) is 0 Å². The maximum atomic E-state index is 10.6. The first-order valence-corrected chi connectivity index (χ1v) is 10.2. The molecule has 1 aliphatic heterocycles. The van der Waals surface area contributed by atoms with Gasteiger partial charge in [-0.25, -0.2) is 0 Å². The van der Waals surface area contributed by atoms with Gasteiger partial charge in [-0.05, 0) is 49.1 Å². The topological polar surface area (TPSA) is 96.3 Å². The quantitative estimate of drug-likeness (QED) is 0.647. The van der Waals surface area contributed by atoms with E-state index in [9.17, 15) is 5.11 Å². The van der Waals surface area contributed by atoms with Crippen LogP contribution in [0.2, 0.25) is 0 Å². The minimum Gasteiger partial charge on any atom is -0.507 e. The molecule has 0 radical (unpaired) electrons. The van der Waals surface area contributed by atoms with Gasteiger partial charge in [-0.1, -0.05) is 6.07 Å². The van der Waals surface area contributed by atoms with E-state index in [0.29, 0.717) is 23.2 Å². The van der Waals surface area contributed by atoms with E-state index in [2.05, 4.69) is 30.6 Å². The molecule has 30 heavy (non-hydrogen) atoms. The third-order valence-electron chi connectivity index (χ3n) is 5.66. The van der Waals surface area contributed by atoms with Crippen LogP contribution in [0.5, 0.6) is 11.6 Å². The van der Waals surface area contributed by atoms with Crippen molar-refractivity contribution in [3.05, 3.63) is 42.6 Å². The lowest BCUT2D eigenvalue weighted by Gasteiger charge is -2.17. The number of rotatable bonds is 6. The standard InChI is InChI=1S/C22H24N6O2/c1-30-22-11-15(12-23-27-22)14-2-5-18(20(29)10-14)19-6-7-21(26-25-19)28-9-8-17(13-28)24-16-3-4-16/h2,5-7,10-12,16-17,24,29H,3-4,8-9,13H2,1H3/t17-/m1/s1. The van der Waals surface area contributed by atoms with Gasteiger partial charge < -0.3 is 20.1 Å². The summed E-state index contributed by atoms with van der Waals surface area (Å²) < 4.78 is 5.12. The van der Waals surface area contributed by atoms with Crippen molar-refractivity contribution < 1.29 is 9.84 Å². The van der Waals surface area contributed by atoms with Crippen LogP contribution in [0.1, 0.15) is 19.3 Å². The minimum absolute atomic E-state index is 0.139. The van der Waals surface area contributed by atoms with Crippen molar-refractivity contribution in [2.45, 2.75) is 31.3 Å². The number of nitrogens with zero attached hydrogens (tertiary/aromatic N) is 5. The molecule has 0 spiro atoms. The highest BCUT2D eigenvalue weighted by Gasteiger charge is 2.29. The van der Waals surface area contributed by atoms with Crippen LogP contribution in [0.25, 0.3) is 22.4 Å². The SMILES string of the molecule is COc1cc(-c2ccc(-c3ccc(N4CC[C@@H](NC5CC5)C4)nn3)c(O)c2)cnn1. The molecule has 1 aromatic carbocycles. The largest absolute Gasteiger partial charge is 0.507 e. The highest BCUT2D eigenvalue weighted by Crippen LogP contribution is 2.33. The summed E-state index contributed by atoms with van der Waals surface area (Å²) in [5.74, 6) is 1.44. The molecule has 3 heterocycles. The summed E-state index contributed by atoms with van der Waals surface area (Å²) in [6.07, 6.45) is 5.38. The molecule has 1 saturated carbocycles. The van der Waals surface area contributed by atoms with Crippen molar-refractivity contribution in [3.63, 3.8) is 0 Å². The fourth-order valence-electron chi connectivity index (χ4n) is 3.86. The average molecular weight is 404 g/mol. The van der Waals surface area contributed by atoms with E-state index in [1.807, 2.05) is 24.3 Å². The number of hydrogen-bond donors (Lipinski definition) is 2. The zero-order valence-corrected chi connectivity index (χ0v) is 16.8. The number of anilines is 1. The third kappa shape index (κ3) is 3.91. The fourth-order valence-corrected chi connectivity index (χ4v) is 3.86. The van der Waals surface area contributed by atoms with Crippen molar-refractivity contribution in [2.75, 3.05) is 25.1 Å². The number of phenols is 1. The van der Waals surface area contributed by atoms with Crippen molar-refractivity contribution in [1.29, 1.82) is 0 Å². The maximum absolute atomic E-state index is 10.6. The average Bonchev–Trinajstić information content (AvgIpc) is 3.48. The van der Waals surface area contributed by atoms with Gasteiger partial charge in [-0.2, -0.15) is 5.10 Å². The smallest absolute Gasteiger partial charge is 0.233 e. The number of methoxy groups -OCH3 is 1. The molecule has 3 aromatic rings. The Bertz CT molecular complexity index is 1040. The van der Waals surface area contributed by atoms with Gasteiger partial charge in [0.15, 0.2) is 5.82 Å². The summed E-state index contributed by atoms with van der Waals surface area (Å²) in [6, 6.07) is 12.4. The van der Waals surface area contributed by atoms with Crippen LogP contribution in [0, 0.1) is 0 Å². The molecule has 0 amide bonds. The van der Waals surface area contributed by atoms with E-state index in [4.69, 9.17) is 4.74 Å². The monoisotopic (exact) mass is 404 g/mol. The van der Waals surface area contributed by atoms with Crippen molar-refractivity contribution in [2.24, 2.45) is 0 Å². The normalized spacial score (nSPS) is 18.6. The lowest BCUT2D eigenvalue weighted by molar-refractivity contribution is 0.392. The summed E-state index contributed by atoms with van der Waals surface area (Å²) in [4.78, 5) is 2.27. The van der Waals surface area contributed by atoms with Gasteiger partial charge >= 0.3 is 0 Å². The number of hydrogen-bond acceptors (Lipinski definition) is 8. The summed E-state index contributed by atoms with van der Waals surface area (Å²) in [6.45, 7) is 1.95. The number of aromatic nitrogens is 4. The van der Waals surface area contributed by atoms with Gasteiger partial charge in [0.2, 0.25) is 5.88 Å². The number of nitrogens with one attached hydrogen (secondary N) is 1. The molecule has 8 nitrogen and oxygen atoms in total. The van der Waals surface area contributed by atoms with Crippen LogP contribution in [-0.4, -0.2) is 57.8 Å². The van der Waals surface area contributed by atoms with Crippen molar-refractivity contribution in [3.8, 4) is 34.0 Å². The molecule has 2 aliphatic rings. The second kappa shape index (κ2) is 7.87. The molecular weight excluding hydrogens is 380 g/mol. The lowest BCUT2D eigenvalue weighted by atomic mass is 10.0. The van der Waals surface area contributed by atoms with Gasteiger partial charge in [0.05, 0.1) is 19.0 Å². The molecule has 0 bridgehead atoms. The van der Waals surface area contributed by atoms with Gasteiger partial charge in [0.25, 0.3) is 0 Å². The molecule has 2 fully saturated rings. The second-order valence-corrected chi connectivity index (χ2v) is 7.87. The second-order valence-electron chi connectivity index (χ2n) is 7.87. The Kier molecular flexibility index (Phi) is 4.92. The van der Waals surface area contributed by atoms with Crippen molar-refractivity contribution in [1.82, 2.24) is 25.7 Å². The molecule has 1 aliphatic carbocycles. The molecule has 154 valence electrons. The Balaban J connectivity index is 1.31. The number of benzene rings is 1. The van der Waals surface area contributed by atoms with Crippen LogP contribution < -0.4 is 15.0 Å². The summed E-state index contributed by atoms with van der Waals surface area (Å²) in [7, 11) is 1.54. The molecule has 0 unspecified atom stereocenters. The van der Waals surface area contributed by atoms with Crippen LogP contribution in [0.4, 0.5) is 5.82 Å². The number of phenolic OH excluding ortho intramolecular Hbond substituents is 1. The van der Waals surface area contributed by atoms with E-state index in [1.54, 1.807) is 25.4 Å². The first kappa shape index (κ1) is 18.7. The molecule has 2 N–H and O–H groups in total. The first-order valence-electron chi connectivity index (χ1n) is 10.2. The Morgan fingerprint density at radius 1 is 1.00 bits per heavy atom. The van der Waals surface area contributed by atoms with E-state index >= 15 is 0 Å². The predicted octanol–water partition coefficient (Wildman–Crippen LogP) is 2.65.